The van der Waals surface area contributed by atoms with Crippen LogP contribution in [0, 0.1) is 10.1 Å². The molecule has 1 saturated heterocycles. The molecule has 0 aliphatic carbocycles. The molecule has 2 heterocycles. The first-order valence-corrected chi connectivity index (χ1v) is 9.50. The molecule has 0 bridgehead atoms. The highest BCUT2D eigenvalue weighted by Gasteiger charge is 2.21. The van der Waals surface area contributed by atoms with Crippen molar-refractivity contribution in [2.45, 2.75) is 30.4 Å². The third-order valence-corrected chi connectivity index (χ3v) is 5.48. The smallest absolute Gasteiger partial charge is 0.294 e. The largest absolute Gasteiger partial charge is 0.376 e. The van der Waals surface area contributed by atoms with E-state index in [0.717, 1.165) is 25.5 Å². The van der Waals surface area contributed by atoms with Gasteiger partial charge in [0.05, 0.1) is 34.4 Å². The lowest BCUT2D eigenvalue weighted by Crippen LogP contribution is -2.18. The van der Waals surface area contributed by atoms with Gasteiger partial charge in [0, 0.05) is 18.9 Å². The van der Waals surface area contributed by atoms with Crippen molar-refractivity contribution in [3.63, 3.8) is 0 Å². The molecule has 1 aliphatic rings. The number of nitrogens with zero attached hydrogens (tertiary/aromatic N) is 3. The van der Waals surface area contributed by atoms with Gasteiger partial charge in [-0.2, -0.15) is 5.10 Å². The Morgan fingerprint density at radius 1 is 1.46 bits per heavy atom. The zero-order chi connectivity index (χ0) is 18.7. The Kier molecular flexibility index (Phi) is 5.20. The van der Waals surface area contributed by atoms with E-state index >= 15 is 0 Å². The van der Waals surface area contributed by atoms with Crippen molar-refractivity contribution in [3.8, 4) is 0 Å². The molecule has 1 aromatic carbocycles. The molecular weight excluding hydrogens is 362 g/mol. The number of nitrogens with one attached hydrogen (secondary N) is 2. The van der Waals surface area contributed by atoms with Gasteiger partial charge in [-0.15, -0.1) is 0 Å². The Balaban J connectivity index is 1.81. The van der Waals surface area contributed by atoms with Gasteiger partial charge in [0.2, 0.25) is 10.0 Å². The van der Waals surface area contributed by atoms with Crippen LogP contribution in [0.25, 0.3) is 0 Å². The van der Waals surface area contributed by atoms with Crippen LogP contribution in [0.4, 0.5) is 17.1 Å². The summed E-state index contributed by atoms with van der Waals surface area (Å²) in [5.74, 6) is 0. The maximum Gasteiger partial charge on any atom is 0.294 e. The van der Waals surface area contributed by atoms with Crippen molar-refractivity contribution in [2.75, 3.05) is 19.0 Å². The van der Waals surface area contributed by atoms with E-state index < -0.39 is 14.9 Å². The quantitative estimate of drug-likeness (QED) is 0.551. The molecule has 0 spiro atoms. The van der Waals surface area contributed by atoms with Crippen molar-refractivity contribution < 1.29 is 18.1 Å². The van der Waals surface area contributed by atoms with Crippen LogP contribution in [0.1, 0.15) is 12.8 Å². The molecule has 0 saturated carbocycles. The van der Waals surface area contributed by atoms with Crippen LogP contribution < -0.4 is 10.0 Å². The Hall–Kier alpha value is -2.50. The van der Waals surface area contributed by atoms with Crippen molar-refractivity contribution in [1.29, 1.82) is 0 Å². The average molecular weight is 381 g/mol. The Labute approximate surface area is 150 Å². The lowest BCUT2D eigenvalue weighted by Gasteiger charge is -2.09. The maximum atomic E-state index is 11.8. The van der Waals surface area contributed by atoms with Gasteiger partial charge in [-0.05, 0) is 32.0 Å². The van der Waals surface area contributed by atoms with Gasteiger partial charge < -0.3 is 10.1 Å². The molecule has 2 aromatic rings. The van der Waals surface area contributed by atoms with E-state index in [0.29, 0.717) is 12.2 Å². The van der Waals surface area contributed by atoms with Gasteiger partial charge in [0.25, 0.3) is 5.69 Å². The fraction of sp³-hybridized carbons (Fsp3) is 0.400. The monoisotopic (exact) mass is 381 g/mol. The minimum absolute atomic E-state index is 0.128. The number of sulfonamides is 1. The zero-order valence-corrected chi connectivity index (χ0v) is 14.9. The van der Waals surface area contributed by atoms with E-state index in [1.165, 1.54) is 19.2 Å². The van der Waals surface area contributed by atoms with E-state index in [1.54, 1.807) is 17.1 Å². The molecule has 1 atom stereocenters. The third-order valence-electron chi connectivity index (χ3n) is 4.07. The highest BCUT2D eigenvalue weighted by Crippen LogP contribution is 2.30. The van der Waals surface area contributed by atoms with E-state index in [9.17, 15) is 18.5 Å². The number of benzene rings is 1. The zero-order valence-electron chi connectivity index (χ0n) is 14.1. The molecule has 1 aliphatic heterocycles. The summed E-state index contributed by atoms with van der Waals surface area (Å²) in [7, 11) is -2.52. The molecule has 3 rings (SSSR count). The summed E-state index contributed by atoms with van der Waals surface area (Å²) >= 11 is 0. The molecule has 2 N–H and O–H groups in total. The second-order valence-electron chi connectivity index (χ2n) is 5.85. The molecule has 0 amide bonds. The molecule has 140 valence electrons. The molecule has 11 heteroatoms. The minimum Gasteiger partial charge on any atom is -0.376 e. The molecule has 1 fully saturated rings. The van der Waals surface area contributed by atoms with E-state index in [2.05, 4.69) is 15.1 Å². The fourth-order valence-corrected chi connectivity index (χ4v) is 3.48. The highest BCUT2D eigenvalue weighted by atomic mass is 32.2. The van der Waals surface area contributed by atoms with Gasteiger partial charge in [0.1, 0.15) is 5.69 Å². The summed E-state index contributed by atoms with van der Waals surface area (Å²) < 4.78 is 33.1. The molecule has 26 heavy (non-hydrogen) atoms. The second kappa shape index (κ2) is 7.40. The number of aromatic nitrogens is 2. The summed E-state index contributed by atoms with van der Waals surface area (Å²) in [4.78, 5) is 10.5. The predicted molar refractivity (Wildman–Crippen MR) is 93.8 cm³/mol. The van der Waals surface area contributed by atoms with Crippen LogP contribution in [-0.2, 0) is 21.3 Å². The Bertz CT molecular complexity index is 905. The minimum atomic E-state index is -3.77. The van der Waals surface area contributed by atoms with Crippen molar-refractivity contribution in [1.82, 2.24) is 14.5 Å². The summed E-state index contributed by atoms with van der Waals surface area (Å²) in [5, 5.41) is 18.5. The molecule has 1 aromatic heterocycles. The highest BCUT2D eigenvalue weighted by molar-refractivity contribution is 7.89. The maximum absolute atomic E-state index is 11.8. The number of anilines is 2. The average Bonchev–Trinajstić information content (AvgIpc) is 3.27. The number of hydrogen-bond donors (Lipinski definition) is 2. The topological polar surface area (TPSA) is 128 Å². The summed E-state index contributed by atoms with van der Waals surface area (Å²) in [5.41, 5.74) is 0.408. The molecule has 0 unspecified atom stereocenters. The Morgan fingerprint density at radius 3 is 2.92 bits per heavy atom. The van der Waals surface area contributed by atoms with Gasteiger partial charge >= 0.3 is 0 Å². The van der Waals surface area contributed by atoms with Crippen LogP contribution >= 0.6 is 0 Å². The van der Waals surface area contributed by atoms with Crippen LogP contribution in [0.15, 0.2) is 35.5 Å². The number of rotatable bonds is 7. The number of hydrogen-bond acceptors (Lipinski definition) is 7. The van der Waals surface area contributed by atoms with Crippen molar-refractivity contribution >= 4 is 27.1 Å². The normalized spacial score (nSPS) is 17.3. The summed E-state index contributed by atoms with van der Waals surface area (Å²) in [6, 6.07) is 3.68. The first kappa shape index (κ1) is 18.3. The van der Waals surface area contributed by atoms with Crippen LogP contribution in [0.5, 0.6) is 0 Å². The van der Waals surface area contributed by atoms with Crippen LogP contribution in [-0.4, -0.2) is 42.9 Å². The van der Waals surface area contributed by atoms with E-state index in [4.69, 9.17) is 4.74 Å². The van der Waals surface area contributed by atoms with Gasteiger partial charge in [-0.1, -0.05) is 0 Å². The van der Waals surface area contributed by atoms with Crippen molar-refractivity contribution in [3.05, 3.63) is 40.7 Å². The molecule has 10 nitrogen and oxygen atoms in total. The van der Waals surface area contributed by atoms with Gasteiger partial charge in [-0.3, -0.25) is 14.8 Å². The second-order valence-corrected chi connectivity index (χ2v) is 7.74. The van der Waals surface area contributed by atoms with Gasteiger partial charge in [0.15, 0.2) is 0 Å². The first-order chi connectivity index (χ1) is 12.4. The number of nitro groups is 1. The lowest BCUT2D eigenvalue weighted by atomic mass is 10.2. The number of ether oxygens (including phenoxy) is 1. The standard InChI is InChI=1S/C15H19N5O5S/c1-16-26(23,24)13-4-5-14(15(7-13)20(21)22)18-11-8-17-19(9-11)10-12-3-2-6-25-12/h4-5,7-9,12,16,18H,2-3,6,10H2,1H3/t12-/m0/s1. The third kappa shape index (κ3) is 4.00. The van der Waals surface area contributed by atoms with Crippen LogP contribution in [0.2, 0.25) is 0 Å². The first-order valence-electron chi connectivity index (χ1n) is 8.02. The SMILES string of the molecule is CNS(=O)(=O)c1ccc(Nc2cnn(C[C@@H]3CCCO3)c2)c([N+](=O)[O-])c1. The van der Waals surface area contributed by atoms with Crippen molar-refractivity contribution in [2.24, 2.45) is 0 Å². The lowest BCUT2D eigenvalue weighted by molar-refractivity contribution is -0.384. The fourth-order valence-electron chi connectivity index (χ4n) is 2.73. The summed E-state index contributed by atoms with van der Waals surface area (Å²) in [6.45, 7) is 1.37. The van der Waals surface area contributed by atoms with Crippen LogP contribution in [0.3, 0.4) is 0 Å². The van der Waals surface area contributed by atoms with Gasteiger partial charge in [-0.25, -0.2) is 13.1 Å². The van der Waals surface area contributed by atoms with E-state index in [1.807, 2.05) is 0 Å². The number of nitro benzene ring substituents is 1. The molecular formula is C15H19N5O5S. The predicted octanol–water partition coefficient (Wildman–Crippen LogP) is 1.62. The molecule has 0 radical (unpaired) electrons. The summed E-state index contributed by atoms with van der Waals surface area (Å²) in [6.07, 6.45) is 5.42. The van der Waals surface area contributed by atoms with E-state index in [-0.39, 0.29) is 22.4 Å². The Morgan fingerprint density at radius 2 is 2.27 bits per heavy atom.